The number of fused-ring (bicyclic) bond motifs is 2. The first-order valence-electron chi connectivity index (χ1n) is 8.77. The highest BCUT2D eigenvalue weighted by Crippen LogP contribution is 2.40. The third kappa shape index (κ3) is 2.63. The number of aromatic nitrogens is 2. The molecule has 0 saturated heterocycles. The van der Waals surface area contributed by atoms with Crippen molar-refractivity contribution >= 4 is 16.6 Å². The van der Waals surface area contributed by atoms with Crippen LogP contribution in [0.1, 0.15) is 24.6 Å². The van der Waals surface area contributed by atoms with Gasteiger partial charge in [0.05, 0.1) is 35.6 Å². The summed E-state index contributed by atoms with van der Waals surface area (Å²) in [6.45, 7) is 4.73. The number of nitrogens with two attached hydrogens (primary N) is 1. The number of pyridine rings is 2. The summed E-state index contributed by atoms with van der Waals surface area (Å²) in [5, 5.41) is 11.1. The molecule has 0 unspecified atom stereocenters. The molecule has 0 aliphatic carbocycles. The number of phenolic OH excluding ortho intramolecular Hbond substituents is 1. The lowest BCUT2D eigenvalue weighted by Crippen LogP contribution is -2.16. The summed E-state index contributed by atoms with van der Waals surface area (Å²) in [4.78, 5) is 11.5. The Hall–Kier alpha value is -2.86. The van der Waals surface area contributed by atoms with Crippen molar-refractivity contribution in [3.05, 3.63) is 41.9 Å². The number of methoxy groups -OCH3 is 1. The summed E-state index contributed by atoms with van der Waals surface area (Å²) in [5.74, 6) is 0.827. The summed E-state index contributed by atoms with van der Waals surface area (Å²) < 4.78 is 5.29. The minimum Gasteiger partial charge on any atom is -0.507 e. The zero-order valence-corrected chi connectivity index (χ0v) is 15.0. The van der Waals surface area contributed by atoms with Gasteiger partial charge in [-0.15, -0.1) is 0 Å². The van der Waals surface area contributed by atoms with Gasteiger partial charge in [0.25, 0.3) is 0 Å². The SMILES string of the molecule is CCCN1Cc2nc3c(-c4cncc(OC)c4)ccc(O)c3c(N)c2C1. The fraction of sp³-hybridized carbons (Fsp3) is 0.300. The highest BCUT2D eigenvalue weighted by Gasteiger charge is 2.25. The van der Waals surface area contributed by atoms with Crippen LogP contribution < -0.4 is 10.5 Å². The Bertz CT molecular complexity index is 987. The van der Waals surface area contributed by atoms with Gasteiger partial charge in [-0.3, -0.25) is 14.9 Å². The maximum absolute atomic E-state index is 10.5. The van der Waals surface area contributed by atoms with E-state index in [4.69, 9.17) is 15.5 Å². The van der Waals surface area contributed by atoms with Crippen LogP contribution >= 0.6 is 0 Å². The predicted octanol–water partition coefficient (Wildman–Crippen LogP) is 3.32. The number of ether oxygens (including phenoxy) is 1. The molecule has 0 amide bonds. The lowest BCUT2D eigenvalue weighted by atomic mass is 9.99. The van der Waals surface area contributed by atoms with Gasteiger partial charge in [0.1, 0.15) is 11.5 Å². The van der Waals surface area contributed by atoms with Crippen molar-refractivity contribution in [3.8, 4) is 22.6 Å². The van der Waals surface area contributed by atoms with E-state index in [1.54, 1.807) is 25.6 Å². The van der Waals surface area contributed by atoms with Crippen LogP contribution in [0, 0.1) is 0 Å². The smallest absolute Gasteiger partial charge is 0.137 e. The first-order chi connectivity index (χ1) is 12.6. The van der Waals surface area contributed by atoms with Gasteiger partial charge in [0.15, 0.2) is 0 Å². The van der Waals surface area contributed by atoms with Gasteiger partial charge in [-0.2, -0.15) is 0 Å². The lowest BCUT2D eigenvalue weighted by molar-refractivity contribution is 0.283. The molecule has 0 saturated carbocycles. The number of nitrogens with zero attached hydrogens (tertiary/aromatic N) is 3. The van der Waals surface area contributed by atoms with Crippen molar-refractivity contribution < 1.29 is 9.84 Å². The van der Waals surface area contributed by atoms with Crippen LogP contribution in [0.2, 0.25) is 0 Å². The third-order valence-electron chi connectivity index (χ3n) is 4.90. The fourth-order valence-electron chi connectivity index (χ4n) is 3.65. The molecule has 4 rings (SSSR count). The van der Waals surface area contributed by atoms with E-state index in [9.17, 15) is 5.11 Å². The fourth-order valence-corrected chi connectivity index (χ4v) is 3.65. The largest absolute Gasteiger partial charge is 0.507 e. The van der Waals surface area contributed by atoms with Crippen molar-refractivity contribution in [2.45, 2.75) is 26.4 Å². The van der Waals surface area contributed by atoms with Gasteiger partial charge in [0.2, 0.25) is 0 Å². The Morgan fingerprint density at radius 2 is 2.12 bits per heavy atom. The van der Waals surface area contributed by atoms with Crippen LogP contribution in [0.3, 0.4) is 0 Å². The van der Waals surface area contributed by atoms with Crippen LogP contribution in [0.4, 0.5) is 5.69 Å². The molecule has 0 fully saturated rings. The minimum absolute atomic E-state index is 0.154. The van der Waals surface area contributed by atoms with E-state index in [1.807, 2.05) is 12.1 Å². The maximum Gasteiger partial charge on any atom is 0.137 e. The van der Waals surface area contributed by atoms with Gasteiger partial charge in [0, 0.05) is 36.0 Å². The number of phenols is 1. The number of hydrogen-bond acceptors (Lipinski definition) is 6. The van der Waals surface area contributed by atoms with E-state index in [-0.39, 0.29) is 5.75 Å². The highest BCUT2D eigenvalue weighted by molar-refractivity contribution is 6.04. The van der Waals surface area contributed by atoms with Crippen molar-refractivity contribution in [1.82, 2.24) is 14.9 Å². The monoisotopic (exact) mass is 350 g/mol. The molecule has 0 radical (unpaired) electrons. The number of hydrogen-bond donors (Lipinski definition) is 2. The number of nitrogen functional groups attached to an aromatic ring is 1. The van der Waals surface area contributed by atoms with Gasteiger partial charge < -0.3 is 15.6 Å². The molecule has 0 atom stereocenters. The van der Waals surface area contributed by atoms with E-state index in [1.165, 1.54) is 0 Å². The first kappa shape index (κ1) is 16.6. The Labute approximate surface area is 152 Å². The summed E-state index contributed by atoms with van der Waals surface area (Å²) in [7, 11) is 1.61. The Balaban J connectivity index is 1.93. The average molecular weight is 350 g/mol. The zero-order valence-electron chi connectivity index (χ0n) is 15.0. The topological polar surface area (TPSA) is 84.5 Å². The molecule has 3 aromatic rings. The second-order valence-corrected chi connectivity index (χ2v) is 6.63. The second kappa shape index (κ2) is 6.46. The average Bonchev–Trinajstić information content (AvgIpc) is 3.05. The van der Waals surface area contributed by atoms with Crippen LogP contribution in [-0.2, 0) is 13.1 Å². The van der Waals surface area contributed by atoms with Crippen molar-refractivity contribution in [1.29, 1.82) is 0 Å². The maximum atomic E-state index is 10.5. The first-order valence-corrected chi connectivity index (χ1v) is 8.77. The number of rotatable bonds is 4. The predicted molar refractivity (Wildman–Crippen MR) is 102 cm³/mol. The van der Waals surface area contributed by atoms with Crippen LogP contribution in [0.5, 0.6) is 11.5 Å². The lowest BCUT2D eigenvalue weighted by Gasteiger charge is -2.13. The van der Waals surface area contributed by atoms with E-state index in [0.29, 0.717) is 22.3 Å². The van der Waals surface area contributed by atoms with Crippen molar-refractivity contribution in [2.75, 3.05) is 19.4 Å². The Morgan fingerprint density at radius 1 is 1.27 bits per heavy atom. The second-order valence-electron chi connectivity index (χ2n) is 6.63. The number of aromatic hydroxyl groups is 1. The molecule has 2 aromatic heterocycles. The molecule has 3 heterocycles. The molecule has 134 valence electrons. The molecule has 0 spiro atoms. The molecular weight excluding hydrogens is 328 g/mol. The minimum atomic E-state index is 0.154. The normalized spacial score (nSPS) is 13.9. The van der Waals surface area contributed by atoms with E-state index in [0.717, 1.165) is 48.4 Å². The van der Waals surface area contributed by atoms with Gasteiger partial charge in [-0.1, -0.05) is 6.92 Å². The summed E-state index contributed by atoms with van der Waals surface area (Å²) in [6.07, 6.45) is 4.51. The molecule has 0 bridgehead atoms. The molecule has 1 aliphatic rings. The van der Waals surface area contributed by atoms with Crippen LogP contribution in [0.25, 0.3) is 22.0 Å². The molecule has 6 heteroatoms. The van der Waals surface area contributed by atoms with Gasteiger partial charge in [-0.05, 0) is 31.2 Å². The Kier molecular flexibility index (Phi) is 4.12. The van der Waals surface area contributed by atoms with Crippen molar-refractivity contribution in [2.24, 2.45) is 0 Å². The quantitative estimate of drug-likeness (QED) is 0.751. The number of anilines is 1. The van der Waals surface area contributed by atoms with Crippen molar-refractivity contribution in [3.63, 3.8) is 0 Å². The molecule has 1 aromatic carbocycles. The van der Waals surface area contributed by atoms with E-state index in [2.05, 4.69) is 16.8 Å². The Morgan fingerprint density at radius 3 is 2.88 bits per heavy atom. The molecule has 1 aliphatic heterocycles. The van der Waals surface area contributed by atoms with E-state index >= 15 is 0 Å². The van der Waals surface area contributed by atoms with Gasteiger partial charge >= 0.3 is 0 Å². The zero-order chi connectivity index (χ0) is 18.3. The molecular formula is C20H22N4O2. The van der Waals surface area contributed by atoms with Gasteiger partial charge in [-0.25, -0.2) is 0 Å². The van der Waals surface area contributed by atoms with Crippen LogP contribution in [-0.4, -0.2) is 33.6 Å². The van der Waals surface area contributed by atoms with E-state index < -0.39 is 0 Å². The standard InChI is InChI=1S/C20H22N4O2/c1-3-6-24-10-15-16(11-24)23-20-14(4-5-17(25)18(20)19(15)21)12-7-13(26-2)9-22-8-12/h4-5,7-9,25H,3,6,10-11H2,1-2H3,(H2,21,23). The third-order valence-corrected chi connectivity index (χ3v) is 4.90. The molecule has 3 N–H and O–H groups in total. The highest BCUT2D eigenvalue weighted by atomic mass is 16.5. The summed E-state index contributed by atoms with van der Waals surface area (Å²) in [6, 6.07) is 5.43. The van der Waals surface area contributed by atoms with Crippen LogP contribution in [0.15, 0.2) is 30.6 Å². The summed E-state index contributed by atoms with van der Waals surface area (Å²) >= 11 is 0. The number of benzene rings is 1. The summed E-state index contributed by atoms with van der Waals surface area (Å²) in [5.41, 5.74) is 11.6. The molecule has 26 heavy (non-hydrogen) atoms. The molecule has 6 nitrogen and oxygen atoms in total.